The molecule has 1 saturated heterocycles. The molecule has 0 amide bonds. The maximum Gasteiger partial charge on any atom is 0.183 e. The van der Waals surface area contributed by atoms with Crippen LogP contribution in [-0.2, 0) is 6.54 Å². The number of nitrogens with one attached hydrogen (secondary N) is 1. The molecule has 6 heteroatoms. The third-order valence-electron chi connectivity index (χ3n) is 3.46. The van der Waals surface area contributed by atoms with Gasteiger partial charge in [-0.3, -0.25) is 4.90 Å². The largest absolute Gasteiger partial charge is 0.362 e. The van der Waals surface area contributed by atoms with E-state index in [-0.39, 0.29) is 0 Å². The Morgan fingerprint density at radius 1 is 1.30 bits per heavy atom. The van der Waals surface area contributed by atoms with Gasteiger partial charge in [-0.05, 0) is 39.8 Å². The number of rotatable bonds is 5. The second-order valence-electron chi connectivity index (χ2n) is 5.07. The number of nitrogens with zero attached hydrogens (tertiary/aromatic N) is 3. The van der Waals surface area contributed by atoms with Crippen molar-refractivity contribution >= 4 is 27.8 Å². The van der Waals surface area contributed by atoms with Crippen LogP contribution in [0.25, 0.3) is 10.6 Å². The van der Waals surface area contributed by atoms with Crippen LogP contribution in [0.4, 0.5) is 5.13 Å². The fourth-order valence-corrected chi connectivity index (χ4v) is 4.41. The predicted octanol–water partition coefficient (Wildman–Crippen LogP) is 3.60. The van der Waals surface area contributed by atoms with Crippen molar-refractivity contribution in [1.29, 1.82) is 0 Å². The first-order valence-electron chi connectivity index (χ1n) is 7.14. The lowest BCUT2D eigenvalue weighted by Gasteiger charge is -2.11. The zero-order valence-corrected chi connectivity index (χ0v) is 13.6. The highest BCUT2D eigenvalue weighted by Gasteiger charge is 2.17. The molecule has 0 atom stereocenters. The first-order chi connectivity index (χ1) is 9.76. The van der Waals surface area contributed by atoms with Crippen LogP contribution in [0.1, 0.15) is 30.5 Å². The maximum atomic E-state index is 4.73. The molecule has 4 nitrogen and oxygen atoms in total. The van der Waals surface area contributed by atoms with Crippen molar-refractivity contribution in [2.45, 2.75) is 33.2 Å². The van der Waals surface area contributed by atoms with Gasteiger partial charge in [0.15, 0.2) is 5.13 Å². The highest BCUT2D eigenvalue weighted by Crippen LogP contribution is 2.33. The summed E-state index contributed by atoms with van der Waals surface area (Å²) in [6, 6.07) is 0. The minimum absolute atomic E-state index is 0.912. The van der Waals surface area contributed by atoms with Crippen molar-refractivity contribution in [3.8, 4) is 10.6 Å². The number of likely N-dealkylation sites (tertiary alicyclic amines) is 1. The van der Waals surface area contributed by atoms with E-state index < -0.39 is 0 Å². The predicted molar refractivity (Wildman–Crippen MR) is 86.6 cm³/mol. The van der Waals surface area contributed by atoms with E-state index >= 15 is 0 Å². The molecule has 1 N–H and O–H groups in total. The summed E-state index contributed by atoms with van der Waals surface area (Å²) in [4.78, 5) is 13.1. The second-order valence-corrected chi connectivity index (χ2v) is 7.02. The average Bonchev–Trinajstić information content (AvgIpc) is 3.12. The SMILES string of the molecule is CCNc1nc(-c2sc(CN3CCCC3)nc2C)cs1. The van der Waals surface area contributed by atoms with Gasteiger partial charge in [-0.25, -0.2) is 9.97 Å². The molecule has 0 bridgehead atoms. The maximum absolute atomic E-state index is 4.73. The Morgan fingerprint density at radius 2 is 2.10 bits per heavy atom. The monoisotopic (exact) mass is 308 g/mol. The summed E-state index contributed by atoms with van der Waals surface area (Å²) in [6.45, 7) is 8.52. The summed E-state index contributed by atoms with van der Waals surface area (Å²) in [5, 5.41) is 7.61. The van der Waals surface area contributed by atoms with Crippen molar-refractivity contribution in [3.05, 3.63) is 16.1 Å². The molecule has 0 spiro atoms. The summed E-state index contributed by atoms with van der Waals surface area (Å²) in [7, 11) is 0. The summed E-state index contributed by atoms with van der Waals surface area (Å²) >= 11 is 3.46. The normalized spacial score (nSPS) is 15.9. The molecule has 20 heavy (non-hydrogen) atoms. The fraction of sp³-hybridized carbons (Fsp3) is 0.571. The molecule has 0 radical (unpaired) electrons. The van der Waals surface area contributed by atoms with Gasteiger partial charge in [-0.15, -0.1) is 22.7 Å². The van der Waals surface area contributed by atoms with Crippen LogP contribution < -0.4 is 5.32 Å². The molecule has 3 heterocycles. The quantitative estimate of drug-likeness (QED) is 0.916. The summed E-state index contributed by atoms with van der Waals surface area (Å²) < 4.78 is 0. The lowest BCUT2D eigenvalue weighted by atomic mass is 10.3. The number of hydrogen-bond acceptors (Lipinski definition) is 6. The van der Waals surface area contributed by atoms with Gasteiger partial charge in [0.25, 0.3) is 0 Å². The van der Waals surface area contributed by atoms with E-state index in [2.05, 4.69) is 34.4 Å². The Balaban J connectivity index is 1.76. The van der Waals surface area contributed by atoms with Crippen molar-refractivity contribution in [2.24, 2.45) is 0 Å². The third kappa shape index (κ3) is 3.02. The van der Waals surface area contributed by atoms with E-state index in [4.69, 9.17) is 4.98 Å². The lowest BCUT2D eigenvalue weighted by molar-refractivity contribution is 0.330. The standard InChI is InChI=1S/C14H20N4S2/c1-3-15-14-17-11(9-19-14)13-10(2)16-12(20-13)8-18-6-4-5-7-18/h9H,3-8H2,1-2H3,(H,15,17). The van der Waals surface area contributed by atoms with Crippen molar-refractivity contribution in [1.82, 2.24) is 14.9 Å². The summed E-state index contributed by atoms with van der Waals surface area (Å²) in [5.41, 5.74) is 2.17. The molecule has 0 aliphatic carbocycles. The summed E-state index contributed by atoms with van der Waals surface area (Å²) in [6.07, 6.45) is 2.66. The summed E-state index contributed by atoms with van der Waals surface area (Å²) in [5.74, 6) is 0. The fourth-order valence-electron chi connectivity index (χ4n) is 2.50. The van der Waals surface area contributed by atoms with Gasteiger partial charge in [0.05, 0.1) is 22.8 Å². The van der Waals surface area contributed by atoms with Crippen LogP contribution in [0.2, 0.25) is 0 Å². The van der Waals surface area contributed by atoms with Gasteiger partial charge >= 0.3 is 0 Å². The highest BCUT2D eigenvalue weighted by molar-refractivity contribution is 7.16. The Labute approximate surface area is 127 Å². The Bertz CT molecular complexity index is 569. The number of aryl methyl sites for hydroxylation is 1. The topological polar surface area (TPSA) is 41.1 Å². The number of hydrogen-bond donors (Lipinski definition) is 1. The Morgan fingerprint density at radius 3 is 2.85 bits per heavy atom. The number of thiazole rings is 2. The highest BCUT2D eigenvalue weighted by atomic mass is 32.1. The molecule has 3 rings (SSSR count). The molecule has 0 saturated carbocycles. The van der Waals surface area contributed by atoms with Crippen molar-refractivity contribution in [2.75, 3.05) is 25.0 Å². The Kier molecular flexibility index (Phi) is 4.33. The zero-order valence-electron chi connectivity index (χ0n) is 12.0. The van der Waals surface area contributed by atoms with Gasteiger partial charge in [0, 0.05) is 11.9 Å². The molecule has 108 valence electrons. The minimum Gasteiger partial charge on any atom is -0.362 e. The third-order valence-corrected chi connectivity index (χ3v) is 5.43. The number of anilines is 1. The van der Waals surface area contributed by atoms with Crippen molar-refractivity contribution < 1.29 is 0 Å². The Hall–Kier alpha value is -0.980. The lowest BCUT2D eigenvalue weighted by Crippen LogP contribution is -2.18. The van der Waals surface area contributed by atoms with Crippen LogP contribution in [-0.4, -0.2) is 34.5 Å². The van der Waals surface area contributed by atoms with E-state index in [1.807, 2.05) is 0 Å². The molecular formula is C14H20N4S2. The van der Waals surface area contributed by atoms with Gasteiger partial charge in [-0.1, -0.05) is 0 Å². The molecule has 1 aliphatic heterocycles. The first kappa shape index (κ1) is 14.0. The molecule has 0 unspecified atom stereocenters. The van der Waals surface area contributed by atoms with E-state index in [1.54, 1.807) is 22.7 Å². The first-order valence-corrected chi connectivity index (χ1v) is 8.84. The molecule has 0 aromatic carbocycles. The zero-order chi connectivity index (χ0) is 13.9. The van der Waals surface area contributed by atoms with Gasteiger partial charge in [0.2, 0.25) is 0 Å². The van der Waals surface area contributed by atoms with Gasteiger partial charge in [-0.2, -0.15) is 0 Å². The van der Waals surface area contributed by atoms with E-state index in [0.717, 1.165) is 29.6 Å². The molecule has 1 fully saturated rings. The van der Waals surface area contributed by atoms with E-state index in [0.29, 0.717) is 0 Å². The van der Waals surface area contributed by atoms with Crippen LogP contribution >= 0.6 is 22.7 Å². The van der Waals surface area contributed by atoms with Crippen LogP contribution in [0.15, 0.2) is 5.38 Å². The number of aromatic nitrogens is 2. The average molecular weight is 308 g/mol. The van der Waals surface area contributed by atoms with E-state index in [9.17, 15) is 0 Å². The van der Waals surface area contributed by atoms with Gasteiger partial charge in [0.1, 0.15) is 5.01 Å². The van der Waals surface area contributed by atoms with Crippen LogP contribution in [0.5, 0.6) is 0 Å². The van der Waals surface area contributed by atoms with Crippen LogP contribution in [0, 0.1) is 6.92 Å². The second kappa shape index (κ2) is 6.20. The molecule has 2 aromatic heterocycles. The van der Waals surface area contributed by atoms with Crippen LogP contribution in [0.3, 0.4) is 0 Å². The molecular weight excluding hydrogens is 288 g/mol. The van der Waals surface area contributed by atoms with Gasteiger partial charge < -0.3 is 5.32 Å². The molecule has 1 aliphatic rings. The minimum atomic E-state index is 0.912. The smallest absolute Gasteiger partial charge is 0.183 e. The van der Waals surface area contributed by atoms with E-state index in [1.165, 1.54) is 35.8 Å². The molecule has 2 aromatic rings. The van der Waals surface area contributed by atoms with Crippen molar-refractivity contribution in [3.63, 3.8) is 0 Å².